The number of hydrogen-bond acceptors (Lipinski definition) is 1. The van der Waals surface area contributed by atoms with Crippen LogP contribution < -0.4 is 0 Å². The standard InChI is InChI=1S/C9H8O2/c1-6-7-4-2-3-5-8(7)9(10)11-6/h2-6H,1H3/p+1. The number of hydrogen-bond donors (Lipinski definition) is 0. The van der Waals surface area contributed by atoms with Crippen molar-refractivity contribution in [3.63, 3.8) is 0 Å². The quantitative estimate of drug-likeness (QED) is 0.407. The Hall–Kier alpha value is -1.31. The summed E-state index contributed by atoms with van der Waals surface area (Å²) in [4.78, 5) is 9.25. The summed E-state index contributed by atoms with van der Waals surface area (Å²) in [6.07, 6.45) is -0.00815. The molecule has 2 heteroatoms. The van der Waals surface area contributed by atoms with E-state index >= 15 is 0 Å². The molecule has 56 valence electrons. The molecule has 1 aliphatic rings. The highest BCUT2D eigenvalue weighted by Gasteiger charge is 2.35. The average molecular weight is 149 g/mol. The van der Waals surface area contributed by atoms with Crippen molar-refractivity contribution in [1.82, 2.24) is 0 Å². The number of rotatable bonds is 0. The van der Waals surface area contributed by atoms with E-state index in [9.17, 15) is 4.79 Å². The molecule has 0 fully saturated rings. The molecule has 2 rings (SSSR count). The molecule has 1 N–H and O–H groups in total. The van der Waals surface area contributed by atoms with Gasteiger partial charge < -0.3 is 9.53 Å². The molecule has 1 aromatic carbocycles. The number of benzene rings is 1. The van der Waals surface area contributed by atoms with Crippen molar-refractivity contribution in [2.24, 2.45) is 0 Å². The molecule has 1 heterocycles. The maximum Gasteiger partial charge on any atom is 0.518 e. The van der Waals surface area contributed by atoms with Gasteiger partial charge in [0.2, 0.25) is 6.10 Å². The Morgan fingerprint density at radius 3 is 2.82 bits per heavy atom. The molecule has 1 aliphatic heterocycles. The molecule has 0 spiro atoms. The maximum atomic E-state index is 9.25. The van der Waals surface area contributed by atoms with Gasteiger partial charge in [-0.2, -0.15) is 0 Å². The fourth-order valence-corrected chi connectivity index (χ4v) is 1.34. The summed E-state index contributed by atoms with van der Waals surface area (Å²) in [5.41, 5.74) is 1.88. The predicted molar refractivity (Wildman–Crippen MR) is 42.0 cm³/mol. The van der Waals surface area contributed by atoms with Gasteiger partial charge in [0.15, 0.2) is 0 Å². The molecule has 0 saturated heterocycles. The van der Waals surface area contributed by atoms with Crippen molar-refractivity contribution >= 4 is 5.97 Å². The van der Waals surface area contributed by atoms with Gasteiger partial charge >= 0.3 is 5.97 Å². The Labute approximate surface area is 64.8 Å². The van der Waals surface area contributed by atoms with Crippen LogP contribution in [0.5, 0.6) is 0 Å². The summed E-state index contributed by atoms with van der Waals surface area (Å²) >= 11 is 0. The number of esters is 1. The second kappa shape index (κ2) is 2.09. The summed E-state index contributed by atoms with van der Waals surface area (Å²) < 4.78 is 5.10. The van der Waals surface area contributed by atoms with Crippen LogP contribution in [-0.4, -0.2) is 10.8 Å². The van der Waals surface area contributed by atoms with Gasteiger partial charge in [-0.25, -0.2) is 0 Å². The Morgan fingerprint density at radius 2 is 2.09 bits per heavy atom. The molecule has 1 atom stereocenters. The average Bonchev–Trinajstić information content (AvgIpc) is 2.30. The monoisotopic (exact) mass is 149 g/mol. The van der Waals surface area contributed by atoms with Gasteiger partial charge in [-0.3, -0.25) is 0 Å². The van der Waals surface area contributed by atoms with E-state index in [4.69, 9.17) is 4.74 Å². The molecule has 0 amide bonds. The summed E-state index contributed by atoms with van der Waals surface area (Å²) in [5.74, 6) is 0.0492. The normalized spacial score (nSPS) is 21.2. The smallest absolute Gasteiger partial charge is 0.335 e. The lowest BCUT2D eigenvalue weighted by Crippen LogP contribution is -1.96. The second-order valence-electron chi connectivity index (χ2n) is 2.65. The number of ether oxygens (including phenoxy) is 1. The highest BCUT2D eigenvalue weighted by molar-refractivity contribution is 5.94. The second-order valence-corrected chi connectivity index (χ2v) is 2.65. The van der Waals surface area contributed by atoms with Crippen LogP contribution in [0.2, 0.25) is 0 Å². The van der Waals surface area contributed by atoms with Crippen LogP contribution in [0.1, 0.15) is 24.2 Å². The topological polar surface area (TPSA) is 30.6 Å². The third-order valence-electron chi connectivity index (χ3n) is 1.92. The Bertz CT molecular complexity index is 304. The van der Waals surface area contributed by atoms with Crippen molar-refractivity contribution < 1.29 is 9.53 Å². The molecule has 11 heavy (non-hydrogen) atoms. The van der Waals surface area contributed by atoms with E-state index in [0.717, 1.165) is 11.1 Å². The van der Waals surface area contributed by atoms with Crippen molar-refractivity contribution in [2.45, 2.75) is 13.0 Å². The third-order valence-corrected chi connectivity index (χ3v) is 1.92. The number of carbonyl (C=O) groups excluding carboxylic acids is 1. The van der Waals surface area contributed by atoms with E-state index in [1.165, 1.54) is 0 Å². The van der Waals surface area contributed by atoms with Crippen LogP contribution in [0.15, 0.2) is 24.3 Å². The van der Waals surface area contributed by atoms with Crippen LogP contribution in [0.25, 0.3) is 0 Å². The van der Waals surface area contributed by atoms with Gasteiger partial charge in [-0.05, 0) is 6.07 Å². The maximum absolute atomic E-state index is 9.25. The molecule has 2 nitrogen and oxygen atoms in total. The first-order valence-electron chi connectivity index (χ1n) is 3.61. The molecule has 0 saturated carbocycles. The van der Waals surface area contributed by atoms with Crippen LogP contribution >= 0.6 is 0 Å². The Balaban J connectivity index is 2.60. The predicted octanol–water partition coefficient (Wildman–Crippen LogP) is 1.63. The van der Waals surface area contributed by atoms with Crippen LogP contribution in [0.3, 0.4) is 0 Å². The van der Waals surface area contributed by atoms with E-state index < -0.39 is 0 Å². The summed E-state index contributed by atoms with van der Waals surface area (Å²) in [6, 6.07) is 7.64. The van der Waals surface area contributed by atoms with E-state index in [1.807, 2.05) is 31.2 Å². The zero-order valence-electron chi connectivity index (χ0n) is 6.24. The van der Waals surface area contributed by atoms with Crippen molar-refractivity contribution in [3.8, 4) is 0 Å². The molecule has 1 aromatic rings. The van der Waals surface area contributed by atoms with Gasteiger partial charge in [0.25, 0.3) is 0 Å². The highest BCUT2D eigenvalue weighted by atomic mass is 16.5. The van der Waals surface area contributed by atoms with E-state index in [2.05, 4.69) is 0 Å². The lowest BCUT2D eigenvalue weighted by Gasteiger charge is -1.92. The molecule has 1 unspecified atom stereocenters. The van der Waals surface area contributed by atoms with Crippen molar-refractivity contribution in [2.75, 3.05) is 0 Å². The lowest BCUT2D eigenvalue weighted by atomic mass is 10.1. The first kappa shape index (κ1) is 6.40. The number of cyclic esters (lactones) is 1. The zero-order valence-corrected chi connectivity index (χ0v) is 6.24. The van der Waals surface area contributed by atoms with E-state index in [-0.39, 0.29) is 12.1 Å². The summed E-state index contributed by atoms with van der Waals surface area (Å²) in [7, 11) is 0. The third kappa shape index (κ3) is 0.827. The van der Waals surface area contributed by atoms with Gasteiger partial charge in [0.05, 0.1) is 0 Å². The molecule has 0 bridgehead atoms. The fraction of sp³-hybridized carbons (Fsp3) is 0.222. The van der Waals surface area contributed by atoms with E-state index in [1.54, 1.807) is 0 Å². The van der Waals surface area contributed by atoms with Gasteiger partial charge in [-0.1, -0.05) is 18.2 Å². The van der Waals surface area contributed by atoms with Crippen LogP contribution in [0, 0.1) is 0 Å². The Kier molecular flexibility index (Phi) is 1.22. The van der Waals surface area contributed by atoms with Crippen molar-refractivity contribution in [1.29, 1.82) is 0 Å². The van der Waals surface area contributed by atoms with Crippen molar-refractivity contribution in [3.05, 3.63) is 35.4 Å². The first-order chi connectivity index (χ1) is 5.29. The largest absolute Gasteiger partial charge is 0.518 e. The van der Waals surface area contributed by atoms with Gasteiger partial charge in [0.1, 0.15) is 5.56 Å². The minimum atomic E-state index is -0.00815. The van der Waals surface area contributed by atoms with Crippen LogP contribution in [-0.2, 0) is 4.74 Å². The summed E-state index contributed by atoms with van der Waals surface area (Å²) in [5, 5.41) is 0. The van der Waals surface area contributed by atoms with Gasteiger partial charge in [-0.15, -0.1) is 0 Å². The first-order valence-corrected chi connectivity index (χ1v) is 3.61. The van der Waals surface area contributed by atoms with E-state index in [0.29, 0.717) is 0 Å². The fourth-order valence-electron chi connectivity index (χ4n) is 1.34. The summed E-state index contributed by atoms with van der Waals surface area (Å²) in [6.45, 7) is 1.92. The lowest BCUT2D eigenvalue weighted by molar-refractivity contribution is 0.211. The molecule has 0 aliphatic carbocycles. The molecular formula is C9H9O2+. The number of fused-ring (bicyclic) bond motifs is 1. The zero-order chi connectivity index (χ0) is 7.84. The van der Waals surface area contributed by atoms with Crippen LogP contribution in [0.4, 0.5) is 0 Å². The SMILES string of the molecule is CC1OC(=[OH+])c2ccccc21. The molecular weight excluding hydrogens is 140 g/mol. The molecule has 0 aromatic heterocycles. The Morgan fingerprint density at radius 1 is 1.36 bits per heavy atom. The highest BCUT2D eigenvalue weighted by Crippen LogP contribution is 2.28. The molecule has 0 radical (unpaired) electrons. The minimum absolute atomic E-state index is 0.00815. The van der Waals surface area contributed by atoms with Gasteiger partial charge in [0, 0.05) is 12.5 Å². The minimum Gasteiger partial charge on any atom is -0.335 e.